The van der Waals surface area contributed by atoms with Crippen molar-refractivity contribution in [2.45, 2.75) is 93.6 Å². The lowest BCUT2D eigenvalue weighted by molar-refractivity contribution is -0.125. The minimum atomic E-state index is -0.448. The van der Waals surface area contributed by atoms with Gasteiger partial charge in [0.15, 0.2) is 0 Å². The van der Waals surface area contributed by atoms with E-state index in [4.69, 9.17) is 11.6 Å². The number of carbonyl (C=O) groups excluding carboxylic acids is 2. The van der Waals surface area contributed by atoms with Crippen LogP contribution in [0, 0.1) is 23.2 Å². The molecule has 8 heteroatoms. The predicted octanol–water partition coefficient (Wildman–Crippen LogP) is 7.88. The van der Waals surface area contributed by atoms with Gasteiger partial charge >= 0.3 is 0 Å². The van der Waals surface area contributed by atoms with Crippen LogP contribution in [0.2, 0.25) is 5.02 Å². The summed E-state index contributed by atoms with van der Waals surface area (Å²) in [5, 5.41) is 20.8. The summed E-state index contributed by atoms with van der Waals surface area (Å²) in [6.07, 6.45) is 6.03. The molecule has 0 spiro atoms. The second kappa shape index (κ2) is 18.2. The van der Waals surface area contributed by atoms with Crippen molar-refractivity contribution in [1.82, 2.24) is 10.2 Å². The number of rotatable bonds is 10. The van der Waals surface area contributed by atoms with Crippen LogP contribution in [-0.4, -0.2) is 54.6 Å². The molecule has 1 aromatic carbocycles. The first-order chi connectivity index (χ1) is 19.7. The summed E-state index contributed by atoms with van der Waals surface area (Å²) < 4.78 is 0. The third kappa shape index (κ3) is 12.8. The Labute approximate surface area is 259 Å². The zero-order valence-corrected chi connectivity index (χ0v) is 28.2. The second-order valence-corrected chi connectivity index (χ2v) is 12.9. The van der Waals surface area contributed by atoms with Gasteiger partial charge in [-0.15, -0.1) is 0 Å². The zero-order valence-electron chi connectivity index (χ0n) is 27.5. The van der Waals surface area contributed by atoms with Crippen molar-refractivity contribution < 1.29 is 14.7 Å². The number of nitrogens with zero attached hydrogens (tertiary/aromatic N) is 3. The summed E-state index contributed by atoms with van der Waals surface area (Å²) in [4.78, 5) is 26.2. The van der Waals surface area contributed by atoms with Gasteiger partial charge in [-0.05, 0) is 75.0 Å². The molecule has 0 saturated heterocycles. The number of hydrogen-bond acceptors (Lipinski definition) is 5. The average molecular weight is 603 g/mol. The molecule has 0 radical (unpaired) electrons. The number of aliphatic hydroxyl groups excluding tert-OH is 1. The first kappa shape index (κ1) is 37.5. The van der Waals surface area contributed by atoms with Gasteiger partial charge in [-0.2, -0.15) is 10.2 Å². The molecule has 3 rings (SSSR count). The largest absolute Gasteiger partial charge is 0.393 e. The average Bonchev–Trinajstić information content (AvgIpc) is 3.78. The van der Waals surface area contributed by atoms with Crippen LogP contribution in [0.15, 0.2) is 52.4 Å². The van der Waals surface area contributed by atoms with E-state index in [9.17, 15) is 14.7 Å². The van der Waals surface area contributed by atoms with E-state index in [0.29, 0.717) is 54.4 Å². The van der Waals surface area contributed by atoms with E-state index in [-0.39, 0.29) is 17.7 Å². The minimum absolute atomic E-state index is 0.0394. The Morgan fingerprint density at radius 3 is 2.40 bits per heavy atom. The summed E-state index contributed by atoms with van der Waals surface area (Å²) in [7, 11) is 1.71. The van der Waals surface area contributed by atoms with Crippen molar-refractivity contribution in [3.8, 4) is 0 Å². The molecule has 0 aromatic heterocycles. The summed E-state index contributed by atoms with van der Waals surface area (Å²) >= 11 is 6.14. The van der Waals surface area contributed by atoms with Crippen LogP contribution >= 0.6 is 11.6 Å². The summed E-state index contributed by atoms with van der Waals surface area (Å²) in [5.74, 6) is 0.991. The van der Waals surface area contributed by atoms with Gasteiger partial charge in [0.05, 0.1) is 11.8 Å². The fraction of sp³-hybridized carbons (Fsp3) is 0.647. The first-order valence-electron chi connectivity index (χ1n) is 15.3. The summed E-state index contributed by atoms with van der Waals surface area (Å²) in [5.41, 5.74) is 4.39. The highest BCUT2D eigenvalue weighted by molar-refractivity contribution is 6.32. The number of azo groups is 1. The fourth-order valence-electron chi connectivity index (χ4n) is 4.52. The maximum absolute atomic E-state index is 12.5. The number of fused-ring (bicyclic) bond motifs is 1. The van der Waals surface area contributed by atoms with Crippen LogP contribution in [0.4, 0.5) is 0 Å². The molecule has 1 aromatic rings. The van der Waals surface area contributed by atoms with E-state index >= 15 is 0 Å². The Bertz CT molecular complexity index is 1090. The number of carbonyl (C=O) groups is 2. The molecule has 2 N–H and O–H groups in total. The zero-order chi connectivity index (χ0) is 32.0. The Morgan fingerprint density at radius 1 is 1.29 bits per heavy atom. The molecule has 2 aliphatic rings. The Hall–Kier alpha value is -2.51. The molecule has 236 valence electrons. The highest BCUT2D eigenvalue weighted by atomic mass is 35.5. The van der Waals surface area contributed by atoms with E-state index < -0.39 is 6.10 Å². The van der Waals surface area contributed by atoms with E-state index in [2.05, 4.69) is 56.7 Å². The van der Waals surface area contributed by atoms with E-state index in [1.807, 2.05) is 19.9 Å². The number of amides is 2. The molecule has 7 nitrogen and oxygen atoms in total. The van der Waals surface area contributed by atoms with Gasteiger partial charge in [0.1, 0.15) is 0 Å². The molecular formula is C34H55ClN4O3. The molecule has 1 heterocycles. The van der Waals surface area contributed by atoms with Crippen molar-refractivity contribution in [3.63, 3.8) is 0 Å². The van der Waals surface area contributed by atoms with Gasteiger partial charge < -0.3 is 15.3 Å². The standard InChI is InChI=1S/C18H25ClN2O3.C9H18.C7H12N2/c1-3-13(22)11-12(2)17(23)20-8-10-21-9-7-14-15(18(21)24)5-4-6-16(14)19;1-7(2)8(3)9(4,5)6;1-3-7(9-8-2)6-4-5-6/h4-6,12-13,22H,3,7-11H2,1-2H3,(H,20,23);8H,1H2,2-6H3;3,6H,4-5H2,1-2H3/b;;7-3-,9-8?/t12?,13-;;/m0../s1. The van der Waals surface area contributed by atoms with Gasteiger partial charge in [0.2, 0.25) is 5.91 Å². The minimum Gasteiger partial charge on any atom is -0.393 e. The van der Waals surface area contributed by atoms with Gasteiger partial charge in [-0.3, -0.25) is 9.59 Å². The molecule has 2 unspecified atom stereocenters. The Morgan fingerprint density at radius 2 is 1.93 bits per heavy atom. The number of nitrogens with one attached hydrogen (secondary N) is 1. The van der Waals surface area contributed by atoms with Gasteiger partial charge in [0.25, 0.3) is 5.91 Å². The first-order valence-corrected chi connectivity index (χ1v) is 15.7. The highest BCUT2D eigenvalue weighted by Crippen LogP contribution is 2.37. The fourth-order valence-corrected chi connectivity index (χ4v) is 4.79. The van der Waals surface area contributed by atoms with Crippen LogP contribution in [0.25, 0.3) is 0 Å². The third-order valence-corrected chi connectivity index (χ3v) is 8.39. The Kier molecular flexibility index (Phi) is 16.3. The quantitative estimate of drug-likeness (QED) is 0.211. The van der Waals surface area contributed by atoms with E-state index in [1.54, 1.807) is 37.1 Å². The summed E-state index contributed by atoms with van der Waals surface area (Å²) in [6.45, 7) is 22.2. The third-order valence-electron chi connectivity index (χ3n) is 8.04. The van der Waals surface area contributed by atoms with E-state index in [1.165, 1.54) is 18.4 Å². The van der Waals surface area contributed by atoms with Crippen molar-refractivity contribution in [2.75, 3.05) is 26.7 Å². The van der Waals surface area contributed by atoms with Crippen LogP contribution in [0.5, 0.6) is 0 Å². The van der Waals surface area contributed by atoms with Crippen molar-refractivity contribution >= 4 is 23.4 Å². The maximum Gasteiger partial charge on any atom is 0.254 e. The van der Waals surface area contributed by atoms with E-state index in [0.717, 1.165) is 23.6 Å². The Balaban J connectivity index is 0.000000400. The number of hydrogen-bond donors (Lipinski definition) is 2. The molecule has 42 heavy (non-hydrogen) atoms. The number of allylic oxidation sites excluding steroid dienone is 3. The second-order valence-electron chi connectivity index (χ2n) is 12.5. The topological polar surface area (TPSA) is 94.4 Å². The molecule has 1 aliphatic heterocycles. The molecule has 1 fully saturated rings. The SMILES string of the molecule is C/C=C(\N=NC)C1CC1.C=C(C)C(C)C(C)(C)C.CC[C@H](O)CC(C)C(=O)NCCN1CCc2c(Cl)cccc2C1=O. The van der Waals surface area contributed by atoms with Crippen molar-refractivity contribution in [3.05, 3.63) is 58.3 Å². The molecular weight excluding hydrogens is 548 g/mol. The van der Waals surface area contributed by atoms with Crippen LogP contribution in [0.3, 0.4) is 0 Å². The monoisotopic (exact) mass is 602 g/mol. The van der Waals surface area contributed by atoms with Crippen LogP contribution in [-0.2, 0) is 11.2 Å². The van der Waals surface area contributed by atoms with Gasteiger partial charge in [0, 0.05) is 49.1 Å². The van der Waals surface area contributed by atoms with Crippen LogP contribution < -0.4 is 5.32 Å². The van der Waals surface area contributed by atoms with Crippen molar-refractivity contribution in [2.24, 2.45) is 33.4 Å². The number of aliphatic hydroxyl groups is 1. The van der Waals surface area contributed by atoms with Crippen LogP contribution in [0.1, 0.15) is 97.0 Å². The maximum atomic E-state index is 12.5. The highest BCUT2D eigenvalue weighted by Gasteiger charge is 2.26. The van der Waals surface area contributed by atoms with Gasteiger partial charge in [-0.25, -0.2) is 0 Å². The molecule has 2 amide bonds. The molecule has 3 atom stereocenters. The lowest BCUT2D eigenvalue weighted by atomic mass is 9.78. The molecule has 0 bridgehead atoms. The molecule has 1 saturated carbocycles. The molecule has 1 aliphatic carbocycles. The van der Waals surface area contributed by atoms with Gasteiger partial charge in [-0.1, -0.05) is 77.4 Å². The summed E-state index contributed by atoms with van der Waals surface area (Å²) in [6, 6.07) is 5.38. The smallest absolute Gasteiger partial charge is 0.254 e. The normalized spacial score (nSPS) is 17.3. The number of halogens is 1. The predicted molar refractivity (Wildman–Crippen MR) is 175 cm³/mol. The number of benzene rings is 1. The van der Waals surface area contributed by atoms with Crippen molar-refractivity contribution in [1.29, 1.82) is 0 Å². The lowest BCUT2D eigenvalue weighted by Gasteiger charge is -2.29. The lowest BCUT2D eigenvalue weighted by Crippen LogP contribution is -2.43.